The molecule has 0 spiro atoms. The van der Waals surface area contributed by atoms with Crippen molar-refractivity contribution >= 4 is 5.57 Å². The van der Waals surface area contributed by atoms with Gasteiger partial charge in [-0.05, 0) is 6.07 Å². The topological polar surface area (TPSA) is 42.2 Å². The number of nitrogens with zero attached hydrogens (tertiary/aromatic N) is 1. The maximum atomic E-state index is 8.57. The number of benzene rings is 1. The molecule has 1 aliphatic rings. The molecule has 2 rings (SSSR count). The molecule has 3 nitrogen and oxygen atoms in total. The Morgan fingerprint density at radius 3 is 3.14 bits per heavy atom. The van der Waals surface area contributed by atoms with Crippen molar-refractivity contribution in [3.63, 3.8) is 0 Å². The average molecular weight is 187 g/mol. The highest BCUT2D eigenvalue weighted by molar-refractivity contribution is 5.78. The van der Waals surface area contributed by atoms with Gasteiger partial charge in [-0.3, -0.25) is 0 Å². The summed E-state index contributed by atoms with van der Waals surface area (Å²) in [7, 11) is 1.60. The van der Waals surface area contributed by atoms with Gasteiger partial charge < -0.3 is 9.47 Å². The van der Waals surface area contributed by atoms with E-state index in [9.17, 15) is 0 Å². The molecule has 0 N–H and O–H groups in total. The van der Waals surface area contributed by atoms with E-state index in [0.717, 1.165) is 16.9 Å². The second-order valence-corrected chi connectivity index (χ2v) is 2.92. The van der Waals surface area contributed by atoms with Crippen LogP contribution in [0.1, 0.15) is 5.56 Å². The molecule has 1 aliphatic heterocycles. The summed E-state index contributed by atoms with van der Waals surface area (Å²) in [5.41, 5.74) is 1.85. The summed E-state index contributed by atoms with van der Waals surface area (Å²) in [6.45, 7) is 0.448. The van der Waals surface area contributed by atoms with Crippen molar-refractivity contribution in [2.45, 2.75) is 0 Å². The second kappa shape index (κ2) is 3.43. The molecule has 0 atom stereocenters. The standard InChI is InChI=1S/C11H9NO2/c1-13-10-4-2-3-9-8(5-6-12)7-14-11(9)10/h2-5H,7H2,1H3/b8-5+. The Kier molecular flexibility index (Phi) is 2.11. The number of rotatable bonds is 1. The second-order valence-electron chi connectivity index (χ2n) is 2.92. The molecule has 0 aromatic heterocycles. The van der Waals surface area contributed by atoms with E-state index in [-0.39, 0.29) is 0 Å². The lowest BCUT2D eigenvalue weighted by Crippen LogP contribution is -1.89. The average Bonchev–Trinajstić information content (AvgIpc) is 2.62. The van der Waals surface area contributed by atoms with Crippen LogP contribution in [0.25, 0.3) is 5.57 Å². The van der Waals surface area contributed by atoms with E-state index >= 15 is 0 Å². The lowest BCUT2D eigenvalue weighted by molar-refractivity contribution is 0.343. The van der Waals surface area contributed by atoms with Crippen LogP contribution in [0, 0.1) is 11.3 Å². The third-order valence-electron chi connectivity index (χ3n) is 2.16. The molecule has 1 aromatic rings. The first kappa shape index (κ1) is 8.64. The Labute approximate surface area is 82.2 Å². The highest BCUT2D eigenvalue weighted by atomic mass is 16.5. The zero-order valence-corrected chi connectivity index (χ0v) is 7.78. The van der Waals surface area contributed by atoms with E-state index in [0.29, 0.717) is 12.4 Å². The van der Waals surface area contributed by atoms with Crippen LogP contribution in [0.5, 0.6) is 11.5 Å². The number of methoxy groups -OCH3 is 1. The first-order valence-corrected chi connectivity index (χ1v) is 4.25. The summed E-state index contributed by atoms with van der Waals surface area (Å²) >= 11 is 0. The van der Waals surface area contributed by atoms with Crippen molar-refractivity contribution in [2.75, 3.05) is 13.7 Å². The van der Waals surface area contributed by atoms with Gasteiger partial charge in [-0.25, -0.2) is 0 Å². The predicted octanol–water partition coefficient (Wildman–Crippen LogP) is 1.99. The number of fused-ring (bicyclic) bond motifs is 1. The molecule has 0 unspecified atom stereocenters. The highest BCUT2D eigenvalue weighted by Crippen LogP contribution is 2.40. The van der Waals surface area contributed by atoms with Crippen LogP contribution in [0.3, 0.4) is 0 Å². The van der Waals surface area contributed by atoms with Crippen molar-refractivity contribution in [3.8, 4) is 17.6 Å². The van der Waals surface area contributed by atoms with Crippen molar-refractivity contribution in [1.29, 1.82) is 5.26 Å². The van der Waals surface area contributed by atoms with Gasteiger partial charge in [0, 0.05) is 17.2 Å². The van der Waals surface area contributed by atoms with Crippen LogP contribution in [0.4, 0.5) is 0 Å². The monoisotopic (exact) mass is 187 g/mol. The normalized spacial score (nSPS) is 15.9. The number of nitriles is 1. The summed E-state index contributed by atoms with van der Waals surface area (Å²) in [5.74, 6) is 1.44. The van der Waals surface area contributed by atoms with Crippen LogP contribution < -0.4 is 9.47 Å². The van der Waals surface area contributed by atoms with Gasteiger partial charge >= 0.3 is 0 Å². The van der Waals surface area contributed by atoms with Gasteiger partial charge in [0.15, 0.2) is 11.5 Å². The van der Waals surface area contributed by atoms with Crippen LogP contribution in [-0.2, 0) is 0 Å². The zero-order valence-electron chi connectivity index (χ0n) is 7.78. The fourth-order valence-electron chi connectivity index (χ4n) is 1.50. The minimum absolute atomic E-state index is 0.448. The molecule has 0 radical (unpaired) electrons. The van der Waals surface area contributed by atoms with Crippen molar-refractivity contribution < 1.29 is 9.47 Å². The first-order chi connectivity index (χ1) is 6.86. The molecule has 0 bridgehead atoms. The van der Waals surface area contributed by atoms with Crippen molar-refractivity contribution in [1.82, 2.24) is 0 Å². The fourth-order valence-corrected chi connectivity index (χ4v) is 1.50. The quantitative estimate of drug-likeness (QED) is 0.631. The Morgan fingerprint density at radius 2 is 2.43 bits per heavy atom. The Bertz CT molecular complexity index is 429. The van der Waals surface area contributed by atoms with Gasteiger partial charge in [0.25, 0.3) is 0 Å². The molecule has 0 amide bonds. The largest absolute Gasteiger partial charge is 0.493 e. The smallest absolute Gasteiger partial charge is 0.169 e. The lowest BCUT2D eigenvalue weighted by atomic mass is 10.1. The van der Waals surface area contributed by atoms with Crippen LogP contribution in [0.15, 0.2) is 24.3 Å². The molecule has 0 aliphatic carbocycles. The van der Waals surface area contributed by atoms with Gasteiger partial charge in [-0.1, -0.05) is 12.1 Å². The molecule has 70 valence electrons. The van der Waals surface area contributed by atoms with Gasteiger partial charge in [0.05, 0.1) is 13.2 Å². The molecule has 0 saturated carbocycles. The van der Waals surface area contributed by atoms with E-state index in [1.807, 2.05) is 24.3 Å². The van der Waals surface area contributed by atoms with Crippen LogP contribution in [-0.4, -0.2) is 13.7 Å². The van der Waals surface area contributed by atoms with Crippen LogP contribution in [0.2, 0.25) is 0 Å². The Balaban J connectivity index is 2.53. The molecular weight excluding hydrogens is 178 g/mol. The molecule has 1 heterocycles. The minimum Gasteiger partial charge on any atom is -0.493 e. The summed E-state index contributed by atoms with van der Waals surface area (Å²) in [5, 5.41) is 8.57. The number of para-hydroxylation sites is 1. The van der Waals surface area contributed by atoms with E-state index in [4.69, 9.17) is 14.7 Å². The van der Waals surface area contributed by atoms with Gasteiger partial charge in [-0.2, -0.15) is 5.26 Å². The lowest BCUT2D eigenvalue weighted by Gasteiger charge is -2.04. The van der Waals surface area contributed by atoms with Crippen molar-refractivity contribution in [3.05, 3.63) is 29.8 Å². The number of ether oxygens (including phenoxy) is 2. The number of allylic oxidation sites excluding steroid dienone is 1. The maximum absolute atomic E-state index is 8.57. The summed E-state index contributed by atoms with van der Waals surface area (Å²) in [4.78, 5) is 0. The molecule has 0 saturated heterocycles. The highest BCUT2D eigenvalue weighted by Gasteiger charge is 2.20. The summed E-state index contributed by atoms with van der Waals surface area (Å²) < 4.78 is 10.6. The molecule has 0 fully saturated rings. The van der Waals surface area contributed by atoms with E-state index in [2.05, 4.69) is 0 Å². The summed E-state index contributed by atoms with van der Waals surface area (Å²) in [6, 6.07) is 7.66. The zero-order chi connectivity index (χ0) is 9.97. The fraction of sp³-hybridized carbons (Fsp3) is 0.182. The number of hydrogen-bond donors (Lipinski definition) is 0. The van der Waals surface area contributed by atoms with Gasteiger partial charge in [0.1, 0.15) is 6.61 Å². The molecule has 1 aromatic carbocycles. The summed E-state index contributed by atoms with van der Waals surface area (Å²) in [6.07, 6.45) is 1.51. The predicted molar refractivity (Wildman–Crippen MR) is 52.1 cm³/mol. The molecule has 14 heavy (non-hydrogen) atoms. The van der Waals surface area contributed by atoms with E-state index in [1.165, 1.54) is 6.08 Å². The maximum Gasteiger partial charge on any atom is 0.169 e. The first-order valence-electron chi connectivity index (χ1n) is 4.25. The third-order valence-corrected chi connectivity index (χ3v) is 2.16. The Morgan fingerprint density at radius 1 is 1.57 bits per heavy atom. The molecule has 3 heteroatoms. The van der Waals surface area contributed by atoms with Gasteiger partial charge in [0.2, 0.25) is 0 Å². The molecular formula is C11H9NO2. The van der Waals surface area contributed by atoms with Gasteiger partial charge in [-0.15, -0.1) is 0 Å². The third kappa shape index (κ3) is 1.21. The van der Waals surface area contributed by atoms with Crippen molar-refractivity contribution in [2.24, 2.45) is 0 Å². The van der Waals surface area contributed by atoms with E-state index < -0.39 is 0 Å². The van der Waals surface area contributed by atoms with Crippen LogP contribution >= 0.6 is 0 Å². The SMILES string of the molecule is COc1cccc2c1OC/C2=C\C#N. The van der Waals surface area contributed by atoms with E-state index in [1.54, 1.807) is 7.11 Å². The minimum atomic E-state index is 0.448. The Hall–Kier alpha value is -1.95. The number of hydrogen-bond acceptors (Lipinski definition) is 3.